The molecule has 3 N–H and O–H groups in total. The van der Waals surface area contributed by atoms with Crippen LogP contribution in [-0.4, -0.2) is 11.9 Å². The number of hydrogen-bond donors (Lipinski definition) is 2. The molecule has 24 heavy (non-hydrogen) atoms. The van der Waals surface area contributed by atoms with Gasteiger partial charge in [0.25, 0.3) is 5.91 Å². The van der Waals surface area contributed by atoms with Gasteiger partial charge in [0, 0.05) is 16.5 Å². The highest BCUT2D eigenvalue weighted by Crippen LogP contribution is 2.38. The normalized spacial score (nSPS) is 15.2. The van der Waals surface area contributed by atoms with Crippen LogP contribution in [0.25, 0.3) is 11.1 Å². The molecule has 1 aliphatic carbocycles. The fourth-order valence-electron chi connectivity index (χ4n) is 3.50. The van der Waals surface area contributed by atoms with Gasteiger partial charge in [0.05, 0.1) is 10.6 Å². The Morgan fingerprint density at radius 3 is 2.42 bits per heavy atom. The molecule has 0 spiro atoms. The second kappa shape index (κ2) is 6.98. The van der Waals surface area contributed by atoms with Crippen LogP contribution in [0.5, 0.6) is 0 Å². The zero-order chi connectivity index (χ0) is 17.3. The molecular weight excluding hydrogens is 316 g/mol. The molecule has 1 amide bonds. The zero-order valence-corrected chi connectivity index (χ0v) is 15.5. The molecule has 1 heterocycles. The van der Waals surface area contributed by atoms with Crippen molar-refractivity contribution in [1.29, 1.82) is 0 Å². The van der Waals surface area contributed by atoms with Crippen molar-refractivity contribution in [2.75, 3.05) is 5.73 Å². The number of benzene rings is 1. The highest BCUT2D eigenvalue weighted by Gasteiger charge is 2.25. The van der Waals surface area contributed by atoms with Crippen LogP contribution in [-0.2, 0) is 0 Å². The monoisotopic (exact) mass is 342 g/mol. The number of nitrogens with one attached hydrogen (secondary N) is 1. The first-order valence-electron chi connectivity index (χ1n) is 8.77. The van der Waals surface area contributed by atoms with E-state index in [1.165, 1.54) is 29.7 Å². The lowest BCUT2D eigenvalue weighted by Gasteiger charge is -2.14. The Bertz CT molecular complexity index is 725. The fraction of sp³-hybridized carbons (Fsp3) is 0.450. The van der Waals surface area contributed by atoms with E-state index in [0.29, 0.717) is 22.5 Å². The second-order valence-corrected chi connectivity index (χ2v) is 8.26. The van der Waals surface area contributed by atoms with Gasteiger partial charge in [-0.3, -0.25) is 4.79 Å². The van der Waals surface area contributed by atoms with Crippen LogP contribution < -0.4 is 11.1 Å². The molecule has 0 bridgehead atoms. The minimum absolute atomic E-state index is 0.0216. The van der Waals surface area contributed by atoms with Crippen molar-refractivity contribution >= 4 is 22.2 Å². The summed E-state index contributed by atoms with van der Waals surface area (Å²) in [5.74, 6) is 0.476. The van der Waals surface area contributed by atoms with Gasteiger partial charge >= 0.3 is 0 Å². The summed E-state index contributed by atoms with van der Waals surface area (Å²) in [5.41, 5.74) is 10.2. The summed E-state index contributed by atoms with van der Waals surface area (Å²) in [7, 11) is 0. The third-order valence-electron chi connectivity index (χ3n) is 4.89. The quantitative estimate of drug-likeness (QED) is 0.812. The van der Waals surface area contributed by atoms with Gasteiger partial charge in [0.15, 0.2) is 0 Å². The minimum atomic E-state index is -0.0216. The first-order chi connectivity index (χ1) is 11.5. The minimum Gasteiger partial charge on any atom is -0.390 e. The lowest BCUT2D eigenvalue weighted by Crippen LogP contribution is -2.33. The number of nitrogen functional groups attached to an aromatic ring is 1. The molecule has 1 fully saturated rings. The highest BCUT2D eigenvalue weighted by molar-refractivity contribution is 7.16. The van der Waals surface area contributed by atoms with E-state index in [-0.39, 0.29) is 5.91 Å². The van der Waals surface area contributed by atoms with Crippen LogP contribution in [0, 0.1) is 6.92 Å². The molecule has 0 radical (unpaired) electrons. The van der Waals surface area contributed by atoms with Crippen LogP contribution >= 0.6 is 11.3 Å². The maximum absolute atomic E-state index is 12.8. The summed E-state index contributed by atoms with van der Waals surface area (Å²) >= 11 is 1.50. The summed E-state index contributed by atoms with van der Waals surface area (Å²) in [6.45, 7) is 6.41. The van der Waals surface area contributed by atoms with Crippen LogP contribution in [0.1, 0.15) is 66.2 Å². The predicted molar refractivity (Wildman–Crippen MR) is 103 cm³/mol. The van der Waals surface area contributed by atoms with Gasteiger partial charge in [0.2, 0.25) is 0 Å². The molecule has 1 saturated carbocycles. The summed E-state index contributed by atoms with van der Waals surface area (Å²) in [6, 6.07) is 8.80. The number of rotatable bonds is 4. The number of aryl methyl sites for hydroxylation is 1. The first kappa shape index (κ1) is 17.0. The molecule has 128 valence electrons. The van der Waals surface area contributed by atoms with Gasteiger partial charge < -0.3 is 11.1 Å². The van der Waals surface area contributed by atoms with E-state index in [9.17, 15) is 4.79 Å². The highest BCUT2D eigenvalue weighted by atomic mass is 32.1. The molecule has 1 aromatic carbocycles. The molecule has 4 heteroatoms. The van der Waals surface area contributed by atoms with Crippen molar-refractivity contribution < 1.29 is 4.79 Å². The lowest BCUT2D eigenvalue weighted by atomic mass is 9.96. The van der Waals surface area contributed by atoms with Crippen molar-refractivity contribution in [1.82, 2.24) is 5.32 Å². The number of anilines is 1. The Morgan fingerprint density at radius 1 is 1.21 bits per heavy atom. The Kier molecular flexibility index (Phi) is 4.95. The number of hydrogen-bond acceptors (Lipinski definition) is 3. The lowest BCUT2D eigenvalue weighted by molar-refractivity contribution is 0.0940. The van der Waals surface area contributed by atoms with Crippen molar-refractivity contribution in [2.24, 2.45) is 0 Å². The van der Waals surface area contributed by atoms with Crippen LogP contribution in [0.3, 0.4) is 0 Å². The maximum atomic E-state index is 12.8. The molecule has 0 aliphatic heterocycles. The fourth-order valence-corrected chi connectivity index (χ4v) is 4.45. The molecule has 1 aromatic heterocycles. The number of amides is 1. The molecule has 2 aromatic rings. The van der Waals surface area contributed by atoms with Crippen molar-refractivity contribution in [3.8, 4) is 11.1 Å². The molecular formula is C20H26N2OS. The first-order valence-corrected chi connectivity index (χ1v) is 9.59. The summed E-state index contributed by atoms with van der Waals surface area (Å²) in [4.78, 5) is 13.9. The van der Waals surface area contributed by atoms with Crippen molar-refractivity contribution in [3.63, 3.8) is 0 Å². The zero-order valence-electron chi connectivity index (χ0n) is 14.7. The number of carbonyl (C=O) groups excluding carboxylic acids is 1. The van der Waals surface area contributed by atoms with E-state index in [1.807, 2.05) is 6.92 Å². The summed E-state index contributed by atoms with van der Waals surface area (Å²) in [6.07, 6.45) is 4.56. The van der Waals surface area contributed by atoms with Gasteiger partial charge in [-0.05, 0) is 36.8 Å². The van der Waals surface area contributed by atoms with Crippen LogP contribution in [0.2, 0.25) is 0 Å². The van der Waals surface area contributed by atoms with Gasteiger partial charge in [-0.15, -0.1) is 11.3 Å². The van der Waals surface area contributed by atoms with Crippen molar-refractivity contribution in [3.05, 3.63) is 40.3 Å². The van der Waals surface area contributed by atoms with E-state index in [1.54, 1.807) is 0 Å². The van der Waals surface area contributed by atoms with E-state index >= 15 is 0 Å². The summed E-state index contributed by atoms with van der Waals surface area (Å²) in [5, 5.41) is 3.79. The third-order valence-corrected chi connectivity index (χ3v) is 5.83. The van der Waals surface area contributed by atoms with E-state index in [0.717, 1.165) is 28.8 Å². The van der Waals surface area contributed by atoms with E-state index in [2.05, 4.69) is 43.4 Å². The van der Waals surface area contributed by atoms with Crippen LogP contribution in [0.15, 0.2) is 24.3 Å². The molecule has 3 nitrogen and oxygen atoms in total. The van der Waals surface area contributed by atoms with Gasteiger partial charge in [-0.2, -0.15) is 0 Å². The number of nitrogens with two attached hydrogens (primary N) is 1. The standard InChI is InChI=1S/C20H26N2OS/c1-12(2)14-8-10-15(11-9-14)17-13(3)24-19(21)18(17)20(23)22-16-6-4-5-7-16/h8-12,16H,4-7,21H2,1-3H3,(H,22,23). The SMILES string of the molecule is Cc1sc(N)c(C(=O)NC2CCCC2)c1-c1ccc(C(C)C)cc1. The molecule has 3 rings (SSSR count). The molecule has 0 saturated heterocycles. The average Bonchev–Trinajstić information content (AvgIpc) is 3.14. The number of thiophene rings is 1. The van der Waals surface area contributed by atoms with E-state index < -0.39 is 0 Å². The van der Waals surface area contributed by atoms with E-state index in [4.69, 9.17) is 5.73 Å². The van der Waals surface area contributed by atoms with Crippen LogP contribution in [0.4, 0.5) is 5.00 Å². The summed E-state index contributed by atoms with van der Waals surface area (Å²) < 4.78 is 0. The van der Waals surface area contributed by atoms with Gasteiger partial charge in [0.1, 0.15) is 0 Å². The molecule has 1 aliphatic rings. The van der Waals surface area contributed by atoms with Gasteiger partial charge in [-0.25, -0.2) is 0 Å². The number of carbonyl (C=O) groups is 1. The Hall–Kier alpha value is -1.81. The average molecular weight is 343 g/mol. The van der Waals surface area contributed by atoms with Gasteiger partial charge in [-0.1, -0.05) is 51.0 Å². The smallest absolute Gasteiger partial charge is 0.255 e. The predicted octanol–water partition coefficient (Wildman–Crippen LogP) is 5.10. The second-order valence-electron chi connectivity index (χ2n) is 7.00. The third kappa shape index (κ3) is 3.34. The Balaban J connectivity index is 1.94. The maximum Gasteiger partial charge on any atom is 0.255 e. The topological polar surface area (TPSA) is 55.1 Å². The Labute approximate surface area is 148 Å². The molecule has 0 atom stereocenters. The largest absolute Gasteiger partial charge is 0.390 e. The van der Waals surface area contributed by atoms with Crippen molar-refractivity contribution in [2.45, 2.75) is 58.4 Å². The molecule has 0 unspecified atom stereocenters. The Morgan fingerprint density at radius 2 is 1.83 bits per heavy atom.